The number of phenols is 1. The fourth-order valence-electron chi connectivity index (χ4n) is 3.01. The molecule has 0 saturated carbocycles. The first-order valence-electron chi connectivity index (χ1n) is 8.01. The largest absolute Gasteiger partial charge is 0.508 e. The molecule has 1 aliphatic heterocycles. The van der Waals surface area contributed by atoms with Crippen molar-refractivity contribution in [1.82, 2.24) is 9.88 Å². The third-order valence-electron chi connectivity index (χ3n) is 4.22. The molecule has 1 unspecified atom stereocenters. The van der Waals surface area contributed by atoms with Gasteiger partial charge >= 0.3 is 0 Å². The van der Waals surface area contributed by atoms with Gasteiger partial charge < -0.3 is 19.8 Å². The van der Waals surface area contributed by atoms with Crippen molar-refractivity contribution in [3.8, 4) is 5.75 Å². The Morgan fingerprint density at radius 2 is 1.96 bits per heavy atom. The number of carbonyl (C=O) groups excluding carboxylic acids is 2. The minimum absolute atomic E-state index is 0.00346. The van der Waals surface area contributed by atoms with Crippen LogP contribution < -0.4 is 0 Å². The van der Waals surface area contributed by atoms with E-state index < -0.39 is 17.7 Å². The summed E-state index contributed by atoms with van der Waals surface area (Å²) in [4.78, 5) is 30.4. The molecule has 1 amide bonds. The van der Waals surface area contributed by atoms with Gasteiger partial charge in [0.2, 0.25) is 0 Å². The van der Waals surface area contributed by atoms with E-state index in [4.69, 9.17) is 4.74 Å². The molecule has 1 aromatic heterocycles. The number of aromatic hydroxyl groups is 1. The van der Waals surface area contributed by atoms with Crippen LogP contribution in [-0.2, 0) is 14.3 Å². The minimum atomic E-state index is -0.814. The Labute approximate surface area is 150 Å². The molecule has 0 spiro atoms. The van der Waals surface area contributed by atoms with Gasteiger partial charge in [0, 0.05) is 31.6 Å². The number of benzene rings is 1. The molecule has 2 N–H and O–H groups in total. The number of ketones is 1. The number of carbonyl (C=O) groups is 2. The molecule has 134 valence electrons. The molecule has 0 aliphatic carbocycles. The average Bonchev–Trinajstić information content (AvgIpc) is 2.91. The van der Waals surface area contributed by atoms with Crippen molar-refractivity contribution >= 4 is 17.4 Å². The van der Waals surface area contributed by atoms with Crippen LogP contribution in [-0.4, -0.2) is 52.0 Å². The predicted molar refractivity (Wildman–Crippen MR) is 93.2 cm³/mol. The van der Waals surface area contributed by atoms with Gasteiger partial charge in [-0.1, -0.05) is 12.1 Å². The zero-order valence-corrected chi connectivity index (χ0v) is 14.1. The highest BCUT2D eigenvalue weighted by molar-refractivity contribution is 6.46. The van der Waals surface area contributed by atoms with E-state index in [9.17, 15) is 19.8 Å². The number of aliphatic hydroxyl groups is 1. The number of aromatic nitrogens is 1. The molecule has 1 fully saturated rings. The molecule has 1 atom stereocenters. The second-order valence-corrected chi connectivity index (χ2v) is 5.82. The number of nitrogens with zero attached hydrogens (tertiary/aromatic N) is 2. The highest BCUT2D eigenvalue weighted by Crippen LogP contribution is 2.39. The van der Waals surface area contributed by atoms with E-state index in [1.807, 2.05) is 0 Å². The zero-order valence-electron chi connectivity index (χ0n) is 14.1. The first-order chi connectivity index (χ1) is 12.5. The number of hydrogen-bond acceptors (Lipinski definition) is 6. The van der Waals surface area contributed by atoms with Gasteiger partial charge in [-0.2, -0.15) is 0 Å². The van der Waals surface area contributed by atoms with Gasteiger partial charge in [-0.05, 0) is 29.8 Å². The number of rotatable bonds is 5. The number of hydrogen-bond donors (Lipinski definition) is 2. The summed E-state index contributed by atoms with van der Waals surface area (Å²) in [6.45, 7) is 0.409. The summed E-state index contributed by atoms with van der Waals surface area (Å²) in [6, 6.07) is 8.56. The topological polar surface area (TPSA) is 100.0 Å². The Hall–Kier alpha value is -3.19. The van der Waals surface area contributed by atoms with Crippen molar-refractivity contribution in [3.05, 3.63) is 65.5 Å². The van der Waals surface area contributed by atoms with Crippen LogP contribution in [0.5, 0.6) is 5.75 Å². The Morgan fingerprint density at radius 1 is 1.23 bits per heavy atom. The number of Topliss-reactive ketones (excluding diaryl/α,β-unsaturated/α-hetero) is 1. The first kappa shape index (κ1) is 17.6. The van der Waals surface area contributed by atoms with E-state index in [1.165, 1.54) is 36.5 Å². The second-order valence-electron chi connectivity index (χ2n) is 5.82. The van der Waals surface area contributed by atoms with E-state index >= 15 is 0 Å². The molecular formula is C19H18N2O5. The van der Waals surface area contributed by atoms with E-state index in [0.29, 0.717) is 11.1 Å². The molecule has 7 heteroatoms. The summed E-state index contributed by atoms with van der Waals surface area (Å²) in [7, 11) is 1.50. The number of aliphatic hydroxyl groups excluding tert-OH is 1. The van der Waals surface area contributed by atoms with Crippen LogP contribution in [0.3, 0.4) is 0 Å². The van der Waals surface area contributed by atoms with Gasteiger partial charge in [0.1, 0.15) is 11.5 Å². The van der Waals surface area contributed by atoms with Crippen LogP contribution in [0.25, 0.3) is 5.76 Å². The quantitative estimate of drug-likeness (QED) is 0.483. The molecular weight excluding hydrogens is 336 g/mol. The fraction of sp³-hybridized carbons (Fsp3) is 0.211. The van der Waals surface area contributed by atoms with Crippen molar-refractivity contribution < 1.29 is 24.5 Å². The molecule has 1 aliphatic rings. The van der Waals surface area contributed by atoms with Gasteiger partial charge in [-0.15, -0.1) is 0 Å². The number of likely N-dealkylation sites (tertiary alicyclic amines) is 1. The van der Waals surface area contributed by atoms with Crippen LogP contribution >= 0.6 is 0 Å². The monoisotopic (exact) mass is 354 g/mol. The number of amides is 1. The van der Waals surface area contributed by atoms with Crippen LogP contribution in [0.4, 0.5) is 0 Å². The van der Waals surface area contributed by atoms with Gasteiger partial charge in [0.25, 0.3) is 11.7 Å². The Kier molecular flexibility index (Phi) is 4.99. The van der Waals surface area contributed by atoms with Gasteiger partial charge in [0.05, 0.1) is 18.2 Å². The van der Waals surface area contributed by atoms with Crippen LogP contribution in [0, 0.1) is 0 Å². The van der Waals surface area contributed by atoms with Crippen molar-refractivity contribution in [3.63, 3.8) is 0 Å². The fourth-order valence-corrected chi connectivity index (χ4v) is 3.01. The molecule has 1 saturated heterocycles. The Morgan fingerprint density at radius 3 is 2.62 bits per heavy atom. The second kappa shape index (κ2) is 7.37. The molecule has 3 rings (SSSR count). The summed E-state index contributed by atoms with van der Waals surface area (Å²) >= 11 is 0. The molecule has 2 aromatic rings. The molecule has 2 heterocycles. The maximum atomic E-state index is 12.6. The van der Waals surface area contributed by atoms with Crippen molar-refractivity contribution in [2.45, 2.75) is 6.04 Å². The lowest BCUT2D eigenvalue weighted by molar-refractivity contribution is -0.140. The molecule has 0 bridgehead atoms. The van der Waals surface area contributed by atoms with E-state index in [1.54, 1.807) is 24.3 Å². The van der Waals surface area contributed by atoms with Gasteiger partial charge in [0.15, 0.2) is 0 Å². The molecule has 26 heavy (non-hydrogen) atoms. The third kappa shape index (κ3) is 3.16. The maximum Gasteiger partial charge on any atom is 0.295 e. The SMILES string of the molecule is COCCN1C(=O)C(=O)/C(=C(\O)c2ccncc2)C1c1cccc(O)c1. The number of phenolic OH excluding ortho intramolecular Hbond substituents is 1. The van der Waals surface area contributed by atoms with E-state index in [-0.39, 0.29) is 30.2 Å². The zero-order chi connectivity index (χ0) is 18.7. The average molecular weight is 354 g/mol. The van der Waals surface area contributed by atoms with Crippen molar-refractivity contribution in [1.29, 1.82) is 0 Å². The number of pyridine rings is 1. The van der Waals surface area contributed by atoms with Crippen LogP contribution in [0.2, 0.25) is 0 Å². The Bertz CT molecular complexity index is 863. The molecule has 7 nitrogen and oxygen atoms in total. The first-order valence-corrected chi connectivity index (χ1v) is 8.01. The molecule has 1 aromatic carbocycles. The summed E-state index contributed by atoms with van der Waals surface area (Å²) in [6.07, 6.45) is 2.97. The van der Waals surface area contributed by atoms with Gasteiger partial charge in [-0.25, -0.2) is 0 Å². The Balaban J connectivity index is 2.16. The summed E-state index contributed by atoms with van der Waals surface area (Å²) < 4.78 is 5.03. The highest BCUT2D eigenvalue weighted by atomic mass is 16.5. The summed E-state index contributed by atoms with van der Waals surface area (Å²) in [5.41, 5.74) is 0.883. The van der Waals surface area contributed by atoms with Crippen molar-refractivity contribution in [2.75, 3.05) is 20.3 Å². The lowest BCUT2D eigenvalue weighted by Crippen LogP contribution is -2.32. The standard InChI is InChI=1S/C19H18N2O5/c1-26-10-9-21-16(13-3-2-4-14(22)11-13)15(18(24)19(21)25)17(23)12-5-7-20-8-6-12/h2-8,11,16,22-23H,9-10H2,1H3/b17-15-. The smallest absolute Gasteiger partial charge is 0.295 e. The predicted octanol–water partition coefficient (Wildman–Crippen LogP) is 1.86. The van der Waals surface area contributed by atoms with E-state index in [0.717, 1.165) is 0 Å². The lowest BCUT2D eigenvalue weighted by atomic mass is 9.95. The van der Waals surface area contributed by atoms with Gasteiger partial charge in [-0.3, -0.25) is 14.6 Å². The van der Waals surface area contributed by atoms with E-state index in [2.05, 4.69) is 4.98 Å². The molecule has 0 radical (unpaired) electrons. The third-order valence-corrected chi connectivity index (χ3v) is 4.22. The number of methoxy groups -OCH3 is 1. The number of ether oxygens (including phenoxy) is 1. The lowest BCUT2D eigenvalue weighted by Gasteiger charge is -2.25. The van der Waals surface area contributed by atoms with Crippen LogP contribution in [0.1, 0.15) is 17.2 Å². The summed E-state index contributed by atoms with van der Waals surface area (Å²) in [5.74, 6) is -1.77. The van der Waals surface area contributed by atoms with Crippen molar-refractivity contribution in [2.24, 2.45) is 0 Å². The maximum absolute atomic E-state index is 12.6. The normalized spacial score (nSPS) is 19.1. The minimum Gasteiger partial charge on any atom is -0.508 e. The highest BCUT2D eigenvalue weighted by Gasteiger charge is 2.45. The summed E-state index contributed by atoms with van der Waals surface area (Å²) in [5, 5.41) is 20.5. The van der Waals surface area contributed by atoms with Crippen LogP contribution in [0.15, 0.2) is 54.4 Å².